The number of hydrogen-bond acceptors (Lipinski definition) is 3. The van der Waals surface area contributed by atoms with E-state index in [0.29, 0.717) is 4.40 Å². The van der Waals surface area contributed by atoms with Crippen LogP contribution in [0, 0.1) is 0 Å². The lowest BCUT2D eigenvalue weighted by atomic mass is 9.83. The fraction of sp³-hybridized carbons (Fsp3) is 0.471. The van der Waals surface area contributed by atoms with Crippen LogP contribution in [-0.2, 0) is 15.5 Å². The first-order chi connectivity index (χ1) is 13.1. The van der Waals surface area contributed by atoms with Crippen LogP contribution in [0.3, 0.4) is 0 Å². The summed E-state index contributed by atoms with van der Waals surface area (Å²) >= 11 is 0. The van der Waals surface area contributed by atoms with E-state index in [1.165, 1.54) is 39.8 Å². The number of alkyl halides is 6. The maximum Gasteiger partial charge on any atom is 0.525 e. The second-order valence-electron chi connectivity index (χ2n) is 7.55. The van der Waals surface area contributed by atoms with Crippen LogP contribution in [-0.4, -0.2) is 33.9 Å². The quantitative estimate of drug-likeness (QED) is 0.490. The molecule has 1 fully saturated rings. The van der Waals surface area contributed by atoms with Crippen molar-refractivity contribution in [3.63, 3.8) is 0 Å². The predicted octanol–water partition coefficient (Wildman–Crippen LogP) is 5.23. The van der Waals surface area contributed by atoms with Crippen LogP contribution >= 0.6 is 0 Å². The Balaban J connectivity index is 2.26. The van der Waals surface area contributed by atoms with Crippen molar-refractivity contribution < 1.29 is 40.0 Å². The molecule has 2 aromatic heterocycles. The fourth-order valence-corrected chi connectivity index (χ4v) is 2.87. The van der Waals surface area contributed by atoms with Gasteiger partial charge in [-0.15, -0.1) is 0 Å². The minimum Gasteiger partial charge on any atom is -0.398 e. The standard InChI is InChI=1S/C17H16BF7N2O2/c1-14(2)15(3,4)29-18(28-14)12(19)10(16(20,21)22)11-9-7-5-6-8-27(9)13(26-11)17(23,24)25/h5-8H,1-4H3. The molecule has 12 heteroatoms. The number of aromatic nitrogens is 2. The molecule has 0 atom stereocenters. The fourth-order valence-electron chi connectivity index (χ4n) is 2.87. The number of rotatable bonds is 2. The maximum absolute atomic E-state index is 15.1. The lowest BCUT2D eigenvalue weighted by molar-refractivity contribution is -0.145. The molecule has 4 nitrogen and oxygen atoms in total. The van der Waals surface area contributed by atoms with Crippen molar-refractivity contribution in [3.05, 3.63) is 41.6 Å². The van der Waals surface area contributed by atoms with E-state index in [2.05, 4.69) is 4.98 Å². The molecular formula is C17H16BF7N2O2. The van der Waals surface area contributed by atoms with Crippen LogP contribution in [0.15, 0.2) is 30.1 Å². The average molecular weight is 424 g/mol. The van der Waals surface area contributed by atoms with Gasteiger partial charge >= 0.3 is 19.5 Å². The lowest BCUT2D eigenvalue weighted by Gasteiger charge is -2.32. The molecule has 0 radical (unpaired) electrons. The highest BCUT2D eigenvalue weighted by Gasteiger charge is 2.56. The van der Waals surface area contributed by atoms with E-state index in [1.54, 1.807) is 0 Å². The van der Waals surface area contributed by atoms with Crippen LogP contribution in [0.1, 0.15) is 39.2 Å². The summed E-state index contributed by atoms with van der Waals surface area (Å²) in [7, 11) is -2.05. The molecule has 2 aromatic rings. The number of hydrogen-bond donors (Lipinski definition) is 0. The summed E-state index contributed by atoms with van der Waals surface area (Å²) < 4.78 is 107. The molecule has 3 heterocycles. The van der Waals surface area contributed by atoms with Crippen LogP contribution in [0.2, 0.25) is 0 Å². The van der Waals surface area contributed by atoms with E-state index in [4.69, 9.17) is 9.31 Å². The number of allylic oxidation sites excluding steroid dienone is 1. The third-order valence-electron chi connectivity index (χ3n) is 5.02. The van der Waals surface area contributed by atoms with Crippen molar-refractivity contribution in [2.75, 3.05) is 0 Å². The van der Waals surface area contributed by atoms with Gasteiger partial charge in [0, 0.05) is 6.20 Å². The monoisotopic (exact) mass is 424 g/mol. The minimum absolute atomic E-state index is 0.429. The van der Waals surface area contributed by atoms with E-state index in [0.717, 1.165) is 12.3 Å². The van der Waals surface area contributed by atoms with Crippen molar-refractivity contribution >= 4 is 18.2 Å². The van der Waals surface area contributed by atoms with Gasteiger partial charge in [0.15, 0.2) is 0 Å². The smallest absolute Gasteiger partial charge is 0.398 e. The van der Waals surface area contributed by atoms with Crippen molar-refractivity contribution in [1.29, 1.82) is 0 Å². The van der Waals surface area contributed by atoms with Crippen molar-refractivity contribution in [2.45, 2.75) is 51.2 Å². The van der Waals surface area contributed by atoms with E-state index >= 15 is 4.39 Å². The summed E-state index contributed by atoms with van der Waals surface area (Å²) in [5.41, 5.74) is -7.93. The van der Waals surface area contributed by atoms with Crippen LogP contribution in [0.4, 0.5) is 30.7 Å². The molecule has 0 unspecified atom stereocenters. The number of halogens is 7. The summed E-state index contributed by atoms with van der Waals surface area (Å²) in [4.78, 5) is 3.10. The molecular weight excluding hydrogens is 408 g/mol. The van der Waals surface area contributed by atoms with Crippen LogP contribution in [0.25, 0.3) is 11.1 Å². The van der Waals surface area contributed by atoms with Gasteiger partial charge in [-0.1, -0.05) is 6.07 Å². The molecule has 1 saturated heterocycles. The zero-order valence-corrected chi connectivity index (χ0v) is 15.7. The molecule has 0 N–H and O–H groups in total. The minimum atomic E-state index is -5.36. The molecule has 0 aliphatic carbocycles. The highest BCUT2D eigenvalue weighted by atomic mass is 19.4. The molecule has 0 saturated carbocycles. The van der Waals surface area contributed by atoms with E-state index in [9.17, 15) is 26.3 Å². The zero-order chi connectivity index (χ0) is 22.0. The van der Waals surface area contributed by atoms with Crippen LogP contribution in [0.5, 0.6) is 0 Å². The van der Waals surface area contributed by atoms with Crippen molar-refractivity contribution in [2.24, 2.45) is 0 Å². The highest BCUT2D eigenvalue weighted by molar-refractivity contribution is 6.55. The van der Waals surface area contributed by atoms with Gasteiger partial charge in [0.2, 0.25) is 5.82 Å². The van der Waals surface area contributed by atoms with E-state index < -0.39 is 59.0 Å². The topological polar surface area (TPSA) is 35.8 Å². The largest absolute Gasteiger partial charge is 0.525 e. The Morgan fingerprint density at radius 2 is 1.55 bits per heavy atom. The molecule has 0 bridgehead atoms. The number of nitrogens with zero attached hydrogens (tertiary/aromatic N) is 2. The molecule has 0 aromatic carbocycles. The normalized spacial score (nSPS) is 20.3. The van der Waals surface area contributed by atoms with Crippen molar-refractivity contribution in [3.8, 4) is 0 Å². The summed E-state index contributed by atoms with van der Waals surface area (Å²) in [6, 6.07) is 3.40. The van der Waals surface area contributed by atoms with Crippen LogP contribution < -0.4 is 0 Å². The van der Waals surface area contributed by atoms with E-state index in [-0.39, 0.29) is 0 Å². The molecule has 3 rings (SSSR count). The van der Waals surface area contributed by atoms with Gasteiger partial charge in [-0.25, -0.2) is 9.37 Å². The Kier molecular flexibility index (Phi) is 4.82. The Morgan fingerprint density at radius 3 is 2.03 bits per heavy atom. The first-order valence-corrected chi connectivity index (χ1v) is 8.43. The molecule has 158 valence electrons. The summed E-state index contributed by atoms with van der Waals surface area (Å²) in [6.45, 7) is 6.01. The van der Waals surface area contributed by atoms with Gasteiger partial charge in [0.25, 0.3) is 0 Å². The average Bonchev–Trinajstić information content (AvgIpc) is 3.01. The first-order valence-electron chi connectivity index (χ1n) is 8.43. The van der Waals surface area contributed by atoms with E-state index in [1.807, 2.05) is 0 Å². The third kappa shape index (κ3) is 3.63. The highest BCUT2D eigenvalue weighted by Crippen LogP contribution is 2.45. The second-order valence-corrected chi connectivity index (χ2v) is 7.55. The van der Waals surface area contributed by atoms with Gasteiger partial charge in [-0.2, -0.15) is 26.3 Å². The first kappa shape index (κ1) is 21.6. The Hall–Kier alpha value is -2.08. The van der Waals surface area contributed by atoms with Crippen molar-refractivity contribution in [1.82, 2.24) is 9.38 Å². The molecule has 29 heavy (non-hydrogen) atoms. The molecule has 1 aliphatic heterocycles. The lowest BCUT2D eigenvalue weighted by Crippen LogP contribution is -2.41. The predicted molar refractivity (Wildman–Crippen MR) is 90.4 cm³/mol. The Bertz CT molecular complexity index is 960. The summed E-state index contributed by atoms with van der Waals surface area (Å²) in [5, 5.41) is 0. The number of imidazole rings is 1. The molecule has 0 spiro atoms. The van der Waals surface area contributed by atoms with Gasteiger partial charge in [0.05, 0.1) is 16.7 Å². The van der Waals surface area contributed by atoms with Gasteiger partial charge < -0.3 is 9.31 Å². The Morgan fingerprint density at radius 1 is 1.00 bits per heavy atom. The molecule has 1 aliphatic rings. The zero-order valence-electron chi connectivity index (χ0n) is 15.7. The maximum atomic E-state index is 15.1. The van der Waals surface area contributed by atoms with Gasteiger partial charge in [-0.05, 0) is 39.8 Å². The third-order valence-corrected chi connectivity index (χ3v) is 5.02. The number of fused-ring (bicyclic) bond motifs is 1. The SMILES string of the molecule is CC1(C)OB(C(F)=C(c2nc(C(F)(F)F)n3ccccc23)C(F)(F)F)OC1(C)C. The molecule has 0 amide bonds. The van der Waals surface area contributed by atoms with Gasteiger partial charge in [-0.3, -0.25) is 4.40 Å². The summed E-state index contributed by atoms with van der Waals surface area (Å²) in [6.07, 6.45) is -9.52. The van der Waals surface area contributed by atoms with Gasteiger partial charge in [0.1, 0.15) is 17.0 Å². The second kappa shape index (κ2) is 6.46. The summed E-state index contributed by atoms with van der Waals surface area (Å²) in [5.74, 6) is -1.61. The Labute approximate surface area is 161 Å². The number of pyridine rings is 1.